The summed E-state index contributed by atoms with van der Waals surface area (Å²) in [5.74, 6) is 0. The molecule has 0 aliphatic rings. The van der Waals surface area contributed by atoms with Gasteiger partial charge in [0.1, 0.15) is 10.5 Å². The number of nitrogens with one attached hydrogen (secondary N) is 1. The van der Waals surface area contributed by atoms with E-state index in [1.807, 2.05) is 13.8 Å². The van der Waals surface area contributed by atoms with Gasteiger partial charge in [0, 0.05) is 0 Å². The molecular formula is C6H16N2O2Si. The molecule has 3 N–H and O–H groups in total. The van der Waals surface area contributed by atoms with Crippen LogP contribution in [-0.4, -0.2) is 28.7 Å². The lowest BCUT2D eigenvalue weighted by molar-refractivity contribution is 0.181. The second kappa shape index (κ2) is 5.14. The highest BCUT2D eigenvalue weighted by Crippen LogP contribution is 2.00. The zero-order valence-corrected chi connectivity index (χ0v) is 9.26. The molecule has 0 aliphatic carbocycles. The highest BCUT2D eigenvalue weighted by atomic mass is 28.2. The quantitative estimate of drug-likeness (QED) is 0.546. The van der Waals surface area contributed by atoms with Crippen molar-refractivity contribution in [1.82, 2.24) is 5.32 Å². The van der Waals surface area contributed by atoms with Gasteiger partial charge in [-0.15, -0.1) is 0 Å². The molecule has 66 valence electrons. The van der Waals surface area contributed by atoms with Gasteiger partial charge in [0.15, 0.2) is 0 Å². The summed E-state index contributed by atoms with van der Waals surface area (Å²) in [6.07, 6.45) is 0.908. The Morgan fingerprint density at radius 1 is 1.82 bits per heavy atom. The molecule has 0 aliphatic heterocycles. The average molecular weight is 176 g/mol. The number of carbonyl (C=O) groups excluding carboxylic acids is 1. The standard InChI is InChI=1S/C6H16N2O2Si/c1-3-5(4(2)10-11)8-6(7)9/h4-5H,3H2,1-2,11H3,(H3,7,8,9). The molecule has 5 heteroatoms. The first-order chi connectivity index (χ1) is 5.11. The molecule has 0 spiro atoms. The van der Waals surface area contributed by atoms with Gasteiger partial charge in [0.25, 0.3) is 0 Å². The average Bonchev–Trinajstić information content (AvgIpc) is 1.98. The molecule has 0 aromatic carbocycles. The summed E-state index contributed by atoms with van der Waals surface area (Å²) in [4.78, 5) is 10.5. The Balaban J connectivity index is 3.84. The zero-order valence-electron chi connectivity index (χ0n) is 7.26. The molecule has 0 saturated carbocycles. The highest BCUT2D eigenvalue weighted by molar-refractivity contribution is 5.98. The van der Waals surface area contributed by atoms with Gasteiger partial charge < -0.3 is 15.5 Å². The summed E-state index contributed by atoms with van der Waals surface area (Å²) in [5, 5.41) is 2.62. The molecule has 0 aromatic rings. The van der Waals surface area contributed by atoms with E-state index < -0.39 is 6.03 Å². The van der Waals surface area contributed by atoms with E-state index in [-0.39, 0.29) is 12.1 Å². The van der Waals surface area contributed by atoms with Crippen molar-refractivity contribution in [3.63, 3.8) is 0 Å². The van der Waals surface area contributed by atoms with Crippen LogP contribution in [0.2, 0.25) is 0 Å². The van der Waals surface area contributed by atoms with Crippen LogP contribution in [0.1, 0.15) is 20.3 Å². The number of rotatable bonds is 4. The molecular weight excluding hydrogens is 160 g/mol. The molecule has 11 heavy (non-hydrogen) atoms. The van der Waals surface area contributed by atoms with Crippen molar-refractivity contribution < 1.29 is 9.22 Å². The van der Waals surface area contributed by atoms with Crippen LogP contribution in [-0.2, 0) is 4.43 Å². The third-order valence-corrected chi connectivity index (χ3v) is 2.45. The normalized spacial score (nSPS) is 15.8. The van der Waals surface area contributed by atoms with Crippen molar-refractivity contribution >= 4 is 16.5 Å². The minimum absolute atomic E-state index is 0.0463. The maximum Gasteiger partial charge on any atom is 0.312 e. The molecule has 0 aromatic heterocycles. The summed E-state index contributed by atoms with van der Waals surface area (Å²) < 4.78 is 5.17. The summed E-state index contributed by atoms with van der Waals surface area (Å²) >= 11 is 0. The number of urea groups is 1. The van der Waals surface area contributed by atoms with Crippen molar-refractivity contribution in [3.8, 4) is 0 Å². The van der Waals surface area contributed by atoms with Crippen LogP contribution in [0.5, 0.6) is 0 Å². The van der Waals surface area contributed by atoms with Crippen molar-refractivity contribution in [2.75, 3.05) is 0 Å². The van der Waals surface area contributed by atoms with Crippen LogP contribution in [0, 0.1) is 0 Å². The Hall–Kier alpha value is -0.553. The van der Waals surface area contributed by atoms with Crippen LogP contribution in [0.4, 0.5) is 4.79 Å². The minimum atomic E-state index is -0.484. The van der Waals surface area contributed by atoms with Crippen LogP contribution >= 0.6 is 0 Å². The minimum Gasteiger partial charge on any atom is -0.423 e. The molecule has 0 fully saturated rings. The SMILES string of the molecule is CCC(NC(N)=O)C(C)O[SiH3]. The van der Waals surface area contributed by atoms with E-state index in [0.717, 1.165) is 6.42 Å². The Morgan fingerprint density at radius 2 is 2.36 bits per heavy atom. The van der Waals surface area contributed by atoms with Gasteiger partial charge in [0.05, 0.1) is 12.1 Å². The van der Waals surface area contributed by atoms with Gasteiger partial charge in [-0.05, 0) is 13.3 Å². The summed E-state index contributed by atoms with van der Waals surface area (Å²) in [7, 11) is 0.684. The van der Waals surface area contributed by atoms with E-state index in [4.69, 9.17) is 10.2 Å². The van der Waals surface area contributed by atoms with E-state index >= 15 is 0 Å². The summed E-state index contributed by atoms with van der Waals surface area (Å²) in [5.41, 5.74) is 4.97. The number of amides is 2. The summed E-state index contributed by atoms with van der Waals surface area (Å²) in [6.45, 7) is 3.91. The molecule has 2 amide bonds. The van der Waals surface area contributed by atoms with Gasteiger partial charge >= 0.3 is 6.03 Å². The van der Waals surface area contributed by atoms with Crippen molar-refractivity contribution in [2.45, 2.75) is 32.4 Å². The van der Waals surface area contributed by atoms with Gasteiger partial charge in [-0.1, -0.05) is 6.92 Å². The van der Waals surface area contributed by atoms with Crippen molar-refractivity contribution in [1.29, 1.82) is 0 Å². The number of hydrogen-bond acceptors (Lipinski definition) is 2. The van der Waals surface area contributed by atoms with E-state index in [1.54, 1.807) is 0 Å². The van der Waals surface area contributed by atoms with Gasteiger partial charge in [-0.25, -0.2) is 4.79 Å². The maximum atomic E-state index is 10.5. The van der Waals surface area contributed by atoms with Crippen LogP contribution in [0.25, 0.3) is 0 Å². The predicted octanol–water partition coefficient (Wildman–Crippen LogP) is -0.881. The third-order valence-electron chi connectivity index (χ3n) is 1.71. The number of carbonyl (C=O) groups is 1. The van der Waals surface area contributed by atoms with Crippen molar-refractivity contribution in [2.24, 2.45) is 5.73 Å². The fourth-order valence-electron chi connectivity index (χ4n) is 0.898. The number of hydrogen-bond donors (Lipinski definition) is 2. The zero-order chi connectivity index (χ0) is 8.85. The second-order valence-electron chi connectivity index (χ2n) is 2.46. The Morgan fingerprint density at radius 3 is 2.64 bits per heavy atom. The molecule has 0 heterocycles. The molecule has 0 bridgehead atoms. The first kappa shape index (κ1) is 10.4. The molecule has 0 rings (SSSR count). The largest absolute Gasteiger partial charge is 0.423 e. The van der Waals surface area contributed by atoms with E-state index in [2.05, 4.69) is 5.32 Å². The number of primary amides is 1. The second-order valence-corrected chi connectivity index (χ2v) is 2.94. The predicted molar refractivity (Wildman–Crippen MR) is 47.3 cm³/mol. The van der Waals surface area contributed by atoms with Crippen molar-refractivity contribution in [3.05, 3.63) is 0 Å². The lowest BCUT2D eigenvalue weighted by Gasteiger charge is -2.21. The van der Waals surface area contributed by atoms with Crippen LogP contribution in [0.3, 0.4) is 0 Å². The fourth-order valence-corrected chi connectivity index (χ4v) is 1.23. The van der Waals surface area contributed by atoms with Gasteiger partial charge in [-0.3, -0.25) is 0 Å². The smallest absolute Gasteiger partial charge is 0.312 e. The Kier molecular flexibility index (Phi) is 4.89. The Bertz CT molecular complexity index is 132. The van der Waals surface area contributed by atoms with E-state index in [1.165, 1.54) is 0 Å². The molecule has 4 nitrogen and oxygen atoms in total. The van der Waals surface area contributed by atoms with Gasteiger partial charge in [-0.2, -0.15) is 0 Å². The summed E-state index contributed by atoms with van der Waals surface area (Å²) in [6, 6.07) is -0.438. The lowest BCUT2D eigenvalue weighted by atomic mass is 10.1. The molecule has 0 radical (unpaired) electrons. The van der Waals surface area contributed by atoms with Gasteiger partial charge in [0.2, 0.25) is 0 Å². The molecule has 0 saturated heterocycles. The van der Waals surface area contributed by atoms with E-state index in [0.29, 0.717) is 10.5 Å². The van der Waals surface area contributed by atoms with Crippen LogP contribution < -0.4 is 11.1 Å². The maximum absolute atomic E-state index is 10.5. The van der Waals surface area contributed by atoms with E-state index in [9.17, 15) is 4.79 Å². The third kappa shape index (κ3) is 4.00. The molecule has 2 unspecified atom stereocenters. The monoisotopic (exact) mass is 176 g/mol. The topological polar surface area (TPSA) is 64.3 Å². The lowest BCUT2D eigenvalue weighted by Crippen LogP contribution is -2.45. The first-order valence-electron chi connectivity index (χ1n) is 3.70. The fraction of sp³-hybridized carbons (Fsp3) is 0.833. The van der Waals surface area contributed by atoms with Crippen LogP contribution in [0.15, 0.2) is 0 Å². The highest BCUT2D eigenvalue weighted by Gasteiger charge is 2.14. The molecule has 2 atom stereocenters. The number of nitrogens with two attached hydrogens (primary N) is 1. The Labute approximate surface area is 70.0 Å². The first-order valence-corrected chi connectivity index (χ1v) is 4.52.